The number of hydrogen-bond acceptors (Lipinski definition) is 5. The van der Waals surface area contributed by atoms with E-state index in [0.29, 0.717) is 11.6 Å². The molecule has 30 heavy (non-hydrogen) atoms. The second-order valence-corrected chi connectivity index (χ2v) is 8.40. The van der Waals surface area contributed by atoms with Crippen LogP contribution in [0.3, 0.4) is 0 Å². The maximum absolute atomic E-state index is 12.2. The highest BCUT2D eigenvalue weighted by Gasteiger charge is 2.12. The predicted molar refractivity (Wildman–Crippen MR) is 122 cm³/mol. The maximum atomic E-state index is 12.2. The summed E-state index contributed by atoms with van der Waals surface area (Å²) < 4.78 is 7.76. The molecule has 1 aromatic heterocycles. The van der Waals surface area contributed by atoms with Crippen LogP contribution < -0.4 is 10.1 Å². The molecule has 0 fully saturated rings. The van der Waals surface area contributed by atoms with E-state index in [4.69, 9.17) is 16.3 Å². The van der Waals surface area contributed by atoms with Crippen molar-refractivity contribution >= 4 is 35.0 Å². The highest BCUT2D eigenvalue weighted by Crippen LogP contribution is 2.22. The van der Waals surface area contributed by atoms with Crippen molar-refractivity contribution in [2.24, 2.45) is 7.05 Å². The molecule has 0 radical (unpaired) electrons. The summed E-state index contributed by atoms with van der Waals surface area (Å²) in [7, 11) is 1.92. The number of anilines is 1. The number of amides is 1. The Hall–Kier alpha value is -2.51. The van der Waals surface area contributed by atoms with Gasteiger partial charge in [-0.2, -0.15) is 0 Å². The minimum atomic E-state index is -0.0693. The van der Waals surface area contributed by atoms with Crippen molar-refractivity contribution in [2.45, 2.75) is 31.8 Å². The number of thioether (sulfide) groups is 1. The number of rotatable bonds is 9. The second kappa shape index (κ2) is 10.5. The summed E-state index contributed by atoms with van der Waals surface area (Å²) in [6.07, 6.45) is 1.55. The van der Waals surface area contributed by atoms with Crippen molar-refractivity contribution in [3.05, 3.63) is 64.4 Å². The molecule has 3 rings (SSSR count). The Bertz CT molecular complexity index is 1000. The summed E-state index contributed by atoms with van der Waals surface area (Å²) in [5.74, 6) is 1.92. The number of carbonyl (C=O) groups is 1. The van der Waals surface area contributed by atoms with Crippen LogP contribution in [0.25, 0.3) is 0 Å². The minimum Gasteiger partial charge on any atom is -0.493 e. The van der Waals surface area contributed by atoms with Gasteiger partial charge in [0.25, 0.3) is 0 Å². The molecule has 158 valence electrons. The van der Waals surface area contributed by atoms with E-state index in [1.807, 2.05) is 67.9 Å². The Morgan fingerprint density at radius 2 is 1.93 bits per heavy atom. The van der Waals surface area contributed by atoms with Crippen LogP contribution >= 0.6 is 23.4 Å². The molecule has 0 saturated heterocycles. The highest BCUT2D eigenvalue weighted by molar-refractivity contribution is 7.99. The van der Waals surface area contributed by atoms with Crippen molar-refractivity contribution in [3.8, 4) is 5.75 Å². The van der Waals surface area contributed by atoms with E-state index in [1.165, 1.54) is 11.8 Å². The average Bonchev–Trinajstić information content (AvgIpc) is 3.06. The number of nitrogens with one attached hydrogen (secondary N) is 1. The number of halogens is 1. The molecule has 2 aromatic carbocycles. The third kappa shape index (κ3) is 6.24. The first kappa shape index (κ1) is 22.2. The van der Waals surface area contributed by atoms with Gasteiger partial charge in [0.15, 0.2) is 5.16 Å². The molecule has 0 spiro atoms. The van der Waals surface area contributed by atoms with Gasteiger partial charge in [0.2, 0.25) is 5.91 Å². The van der Waals surface area contributed by atoms with Gasteiger partial charge in [-0.15, -0.1) is 10.2 Å². The van der Waals surface area contributed by atoms with Crippen molar-refractivity contribution < 1.29 is 9.53 Å². The molecule has 3 aromatic rings. The van der Waals surface area contributed by atoms with E-state index in [-0.39, 0.29) is 11.7 Å². The zero-order valence-corrected chi connectivity index (χ0v) is 18.9. The number of carbonyl (C=O) groups excluding carboxylic acids is 1. The molecule has 6 nitrogen and oxygen atoms in total. The molecule has 0 saturated carbocycles. The second-order valence-electron chi connectivity index (χ2n) is 7.02. The van der Waals surface area contributed by atoms with Crippen LogP contribution in [-0.4, -0.2) is 33.0 Å². The topological polar surface area (TPSA) is 69.0 Å². The molecule has 8 heteroatoms. The zero-order valence-electron chi connectivity index (χ0n) is 17.3. The number of aromatic nitrogens is 3. The number of hydrogen-bond donors (Lipinski definition) is 1. The van der Waals surface area contributed by atoms with E-state index < -0.39 is 0 Å². The Balaban J connectivity index is 1.43. The number of benzene rings is 2. The van der Waals surface area contributed by atoms with E-state index in [2.05, 4.69) is 15.5 Å². The normalized spacial score (nSPS) is 10.8. The fourth-order valence-electron chi connectivity index (χ4n) is 2.84. The lowest BCUT2D eigenvalue weighted by Gasteiger charge is -2.09. The Kier molecular flexibility index (Phi) is 7.76. The third-order valence-corrected chi connectivity index (χ3v) is 5.79. The molecule has 0 aliphatic rings. The standard InChI is InChI=1S/C22H25ClN4O2S/c1-15-6-9-18(10-7-15)24-21(28)14-30-22-26-25-20(27(22)3)5-4-12-29-19-11-8-17(23)13-16(19)2/h6-11,13H,4-5,12,14H2,1-3H3,(H,24,28). The van der Waals surface area contributed by atoms with Gasteiger partial charge in [0.1, 0.15) is 11.6 Å². The van der Waals surface area contributed by atoms with Crippen LogP contribution in [0.5, 0.6) is 5.75 Å². The van der Waals surface area contributed by atoms with Crippen molar-refractivity contribution in [1.29, 1.82) is 0 Å². The van der Waals surface area contributed by atoms with Crippen LogP contribution in [0.1, 0.15) is 23.4 Å². The highest BCUT2D eigenvalue weighted by atomic mass is 35.5. The first-order chi connectivity index (χ1) is 14.4. The molecule has 0 aliphatic heterocycles. The summed E-state index contributed by atoms with van der Waals surface area (Å²) in [6, 6.07) is 13.3. The summed E-state index contributed by atoms with van der Waals surface area (Å²) in [5.41, 5.74) is 2.97. The van der Waals surface area contributed by atoms with Crippen LogP contribution in [0.4, 0.5) is 5.69 Å². The largest absolute Gasteiger partial charge is 0.493 e. The lowest BCUT2D eigenvalue weighted by Crippen LogP contribution is -2.14. The van der Waals surface area contributed by atoms with Gasteiger partial charge >= 0.3 is 0 Å². The molecule has 0 aliphatic carbocycles. The zero-order chi connectivity index (χ0) is 21.5. The average molecular weight is 445 g/mol. The molecule has 0 bridgehead atoms. The van der Waals surface area contributed by atoms with Gasteiger partial charge < -0.3 is 14.6 Å². The van der Waals surface area contributed by atoms with E-state index in [0.717, 1.165) is 46.4 Å². The first-order valence-electron chi connectivity index (χ1n) is 9.69. The predicted octanol–water partition coefficient (Wildman–Crippen LogP) is 4.83. The first-order valence-corrected chi connectivity index (χ1v) is 11.1. The quantitative estimate of drug-likeness (QED) is 0.378. The van der Waals surface area contributed by atoms with E-state index >= 15 is 0 Å². The van der Waals surface area contributed by atoms with Gasteiger partial charge in [0.05, 0.1) is 12.4 Å². The van der Waals surface area contributed by atoms with Gasteiger partial charge in [-0.05, 0) is 56.2 Å². The van der Waals surface area contributed by atoms with Gasteiger partial charge in [-0.25, -0.2) is 0 Å². The number of aryl methyl sites for hydroxylation is 3. The van der Waals surface area contributed by atoms with Crippen molar-refractivity contribution in [2.75, 3.05) is 17.7 Å². The molecule has 0 unspecified atom stereocenters. The SMILES string of the molecule is Cc1ccc(NC(=O)CSc2nnc(CCCOc3ccc(Cl)cc3C)n2C)cc1. The molecule has 1 amide bonds. The van der Waals surface area contributed by atoms with Crippen LogP contribution in [0.15, 0.2) is 47.6 Å². The third-order valence-electron chi connectivity index (χ3n) is 4.53. The summed E-state index contributed by atoms with van der Waals surface area (Å²) in [4.78, 5) is 12.2. The fraction of sp³-hybridized carbons (Fsp3) is 0.318. The Morgan fingerprint density at radius 1 is 1.17 bits per heavy atom. The van der Waals surface area contributed by atoms with Crippen LogP contribution in [0, 0.1) is 13.8 Å². The molecule has 0 atom stereocenters. The summed E-state index contributed by atoms with van der Waals surface area (Å²) in [6.45, 7) is 4.57. The minimum absolute atomic E-state index is 0.0693. The van der Waals surface area contributed by atoms with Crippen molar-refractivity contribution in [1.82, 2.24) is 14.8 Å². The smallest absolute Gasteiger partial charge is 0.234 e. The van der Waals surface area contributed by atoms with Crippen molar-refractivity contribution in [3.63, 3.8) is 0 Å². The summed E-state index contributed by atoms with van der Waals surface area (Å²) >= 11 is 7.34. The van der Waals surface area contributed by atoms with Gasteiger partial charge in [0, 0.05) is 24.2 Å². The van der Waals surface area contributed by atoms with Gasteiger partial charge in [-0.3, -0.25) is 4.79 Å². The lowest BCUT2D eigenvalue weighted by molar-refractivity contribution is -0.113. The molecule has 1 N–H and O–H groups in total. The molecular weight excluding hydrogens is 420 g/mol. The molecule has 1 heterocycles. The maximum Gasteiger partial charge on any atom is 0.234 e. The van der Waals surface area contributed by atoms with Crippen LogP contribution in [0.2, 0.25) is 5.02 Å². The van der Waals surface area contributed by atoms with Crippen LogP contribution in [-0.2, 0) is 18.3 Å². The monoisotopic (exact) mass is 444 g/mol. The lowest BCUT2D eigenvalue weighted by atomic mass is 10.2. The van der Waals surface area contributed by atoms with Gasteiger partial charge in [-0.1, -0.05) is 41.1 Å². The Morgan fingerprint density at radius 3 is 2.67 bits per heavy atom. The fourth-order valence-corrected chi connectivity index (χ4v) is 3.80. The Labute approximate surface area is 186 Å². The van der Waals surface area contributed by atoms with E-state index in [9.17, 15) is 4.79 Å². The number of ether oxygens (including phenoxy) is 1. The summed E-state index contributed by atoms with van der Waals surface area (Å²) in [5, 5.41) is 12.8. The number of nitrogens with zero attached hydrogens (tertiary/aromatic N) is 3. The molecular formula is C22H25ClN4O2S. The van der Waals surface area contributed by atoms with E-state index in [1.54, 1.807) is 0 Å².